The monoisotopic (exact) mass is 434 g/mol. The van der Waals surface area contributed by atoms with Gasteiger partial charge in [-0.05, 0) is 58.4 Å². The van der Waals surface area contributed by atoms with Gasteiger partial charge in [-0.2, -0.15) is 0 Å². The van der Waals surface area contributed by atoms with E-state index < -0.39 is 17.4 Å². The Kier molecular flexibility index (Phi) is 5.06. The molecule has 33 heavy (non-hydrogen) atoms. The Balaban J connectivity index is 1.78. The molecule has 0 amide bonds. The average molecular weight is 434 g/mol. The van der Waals surface area contributed by atoms with E-state index in [1.807, 2.05) is 48.5 Å². The third-order valence-electron chi connectivity index (χ3n) is 6.66. The van der Waals surface area contributed by atoms with Gasteiger partial charge < -0.3 is 10.2 Å². The van der Waals surface area contributed by atoms with Gasteiger partial charge in [0.15, 0.2) is 0 Å². The van der Waals surface area contributed by atoms with Crippen molar-refractivity contribution in [2.45, 2.75) is 18.3 Å². The number of benzene rings is 4. The van der Waals surface area contributed by atoms with Crippen LogP contribution >= 0.6 is 0 Å². The van der Waals surface area contributed by atoms with Gasteiger partial charge in [0.2, 0.25) is 0 Å². The van der Waals surface area contributed by atoms with Crippen molar-refractivity contribution >= 4 is 11.9 Å². The average Bonchev–Trinajstić information content (AvgIpc) is 3.09. The summed E-state index contributed by atoms with van der Waals surface area (Å²) >= 11 is 0. The largest absolute Gasteiger partial charge is 0.478 e. The van der Waals surface area contributed by atoms with Crippen LogP contribution in [0.25, 0.3) is 11.1 Å². The Morgan fingerprint density at radius 1 is 0.545 bits per heavy atom. The first kappa shape index (κ1) is 20.7. The summed E-state index contributed by atoms with van der Waals surface area (Å²) in [7, 11) is 0. The summed E-state index contributed by atoms with van der Waals surface area (Å²) in [4.78, 5) is 24.0. The van der Waals surface area contributed by atoms with Gasteiger partial charge in [0, 0.05) is 5.41 Å². The number of rotatable bonds is 6. The lowest BCUT2D eigenvalue weighted by Gasteiger charge is -2.33. The fourth-order valence-electron chi connectivity index (χ4n) is 5.28. The fourth-order valence-corrected chi connectivity index (χ4v) is 5.28. The smallest absolute Gasteiger partial charge is 0.335 e. The quantitative estimate of drug-likeness (QED) is 0.400. The minimum atomic E-state index is -0.966. The molecule has 1 aliphatic rings. The van der Waals surface area contributed by atoms with Crippen LogP contribution in [0.2, 0.25) is 0 Å². The lowest BCUT2D eigenvalue weighted by atomic mass is 9.68. The lowest BCUT2D eigenvalue weighted by molar-refractivity contribution is 0.0685. The van der Waals surface area contributed by atoms with Gasteiger partial charge in [-0.25, -0.2) is 9.59 Å². The lowest BCUT2D eigenvalue weighted by Crippen LogP contribution is -2.32. The predicted octanol–water partition coefficient (Wildman–Crippen LogP) is 5.83. The molecule has 0 unspecified atom stereocenters. The highest BCUT2D eigenvalue weighted by molar-refractivity contribution is 5.91. The van der Waals surface area contributed by atoms with Gasteiger partial charge in [0.25, 0.3) is 0 Å². The Morgan fingerprint density at radius 2 is 0.909 bits per heavy atom. The van der Waals surface area contributed by atoms with E-state index in [-0.39, 0.29) is 11.1 Å². The molecule has 5 rings (SSSR count). The normalized spacial score (nSPS) is 13.2. The summed E-state index contributed by atoms with van der Waals surface area (Å²) in [5.41, 5.74) is 5.77. The van der Waals surface area contributed by atoms with Crippen molar-refractivity contribution in [2.75, 3.05) is 0 Å². The maximum atomic E-state index is 12.0. The zero-order valence-corrected chi connectivity index (χ0v) is 17.9. The molecule has 0 heterocycles. The maximum absolute atomic E-state index is 12.0. The number of aromatic carboxylic acids is 2. The van der Waals surface area contributed by atoms with Crippen molar-refractivity contribution in [3.63, 3.8) is 0 Å². The molecular weight excluding hydrogens is 412 g/mol. The van der Waals surface area contributed by atoms with Crippen LogP contribution < -0.4 is 0 Å². The minimum Gasteiger partial charge on any atom is -0.478 e. The molecule has 0 bridgehead atoms. The van der Waals surface area contributed by atoms with Crippen molar-refractivity contribution in [3.05, 3.63) is 130 Å². The summed E-state index contributed by atoms with van der Waals surface area (Å²) in [6, 6.07) is 30.5. The zero-order valence-electron chi connectivity index (χ0n) is 17.9. The Labute approximate surface area is 191 Å². The number of carboxylic acids is 2. The highest BCUT2D eigenvalue weighted by Gasteiger charge is 2.44. The van der Waals surface area contributed by atoms with Gasteiger partial charge in [-0.1, -0.05) is 84.9 Å². The van der Waals surface area contributed by atoms with Crippen LogP contribution in [-0.2, 0) is 18.3 Å². The second kappa shape index (κ2) is 8.06. The first-order chi connectivity index (χ1) is 16.0. The zero-order chi connectivity index (χ0) is 23.0. The SMILES string of the molecule is O=C(O)c1ccccc1CC1(Cc2ccccc2C(=O)O)c2ccccc2-c2ccccc21. The fraction of sp³-hybridized carbons (Fsp3) is 0.103. The van der Waals surface area contributed by atoms with Gasteiger partial charge in [-0.3, -0.25) is 0 Å². The molecule has 0 atom stereocenters. The third-order valence-corrected chi connectivity index (χ3v) is 6.66. The Morgan fingerprint density at radius 3 is 1.33 bits per heavy atom. The number of carbonyl (C=O) groups is 2. The second-order valence-electron chi connectivity index (χ2n) is 8.45. The second-order valence-corrected chi connectivity index (χ2v) is 8.45. The molecule has 4 heteroatoms. The first-order valence-corrected chi connectivity index (χ1v) is 10.8. The molecule has 0 saturated carbocycles. The summed E-state index contributed by atoms with van der Waals surface area (Å²) in [5.74, 6) is -1.93. The van der Waals surface area contributed by atoms with Crippen LogP contribution in [-0.4, -0.2) is 22.2 Å². The molecule has 4 nitrogen and oxygen atoms in total. The number of hydrogen-bond acceptors (Lipinski definition) is 2. The Hall–Kier alpha value is -4.18. The Bertz CT molecular complexity index is 1280. The first-order valence-electron chi connectivity index (χ1n) is 10.8. The summed E-state index contributed by atoms with van der Waals surface area (Å²) in [6.07, 6.45) is 0.884. The van der Waals surface area contributed by atoms with Crippen LogP contribution in [0.15, 0.2) is 97.1 Å². The molecule has 0 radical (unpaired) electrons. The van der Waals surface area contributed by atoms with E-state index in [4.69, 9.17) is 0 Å². The summed E-state index contributed by atoms with van der Waals surface area (Å²) < 4.78 is 0. The topological polar surface area (TPSA) is 74.6 Å². The molecule has 4 aromatic rings. The van der Waals surface area contributed by atoms with Crippen LogP contribution in [0.1, 0.15) is 43.0 Å². The van der Waals surface area contributed by atoms with E-state index in [9.17, 15) is 19.8 Å². The van der Waals surface area contributed by atoms with Crippen molar-refractivity contribution in [2.24, 2.45) is 0 Å². The van der Waals surface area contributed by atoms with Crippen molar-refractivity contribution in [3.8, 4) is 11.1 Å². The van der Waals surface area contributed by atoms with E-state index in [0.29, 0.717) is 12.8 Å². The summed E-state index contributed by atoms with van der Waals surface area (Å²) in [6.45, 7) is 0. The van der Waals surface area contributed by atoms with Crippen LogP contribution in [0.3, 0.4) is 0 Å². The molecule has 2 N–H and O–H groups in total. The molecule has 0 saturated heterocycles. The van der Waals surface area contributed by atoms with Crippen molar-refractivity contribution < 1.29 is 19.8 Å². The minimum absolute atomic E-state index is 0.269. The van der Waals surface area contributed by atoms with Gasteiger partial charge in [0.1, 0.15) is 0 Å². The van der Waals surface area contributed by atoms with Crippen LogP contribution in [0.4, 0.5) is 0 Å². The molecule has 162 valence electrons. The van der Waals surface area contributed by atoms with Crippen LogP contribution in [0.5, 0.6) is 0 Å². The molecule has 0 aliphatic heterocycles. The third kappa shape index (κ3) is 3.40. The van der Waals surface area contributed by atoms with Crippen LogP contribution in [0, 0.1) is 0 Å². The predicted molar refractivity (Wildman–Crippen MR) is 127 cm³/mol. The van der Waals surface area contributed by atoms with Gasteiger partial charge in [-0.15, -0.1) is 0 Å². The molecule has 4 aromatic carbocycles. The van der Waals surface area contributed by atoms with E-state index >= 15 is 0 Å². The highest BCUT2D eigenvalue weighted by Crippen LogP contribution is 2.52. The van der Waals surface area contributed by atoms with E-state index in [1.54, 1.807) is 24.3 Å². The van der Waals surface area contributed by atoms with Crippen molar-refractivity contribution in [1.29, 1.82) is 0 Å². The maximum Gasteiger partial charge on any atom is 0.335 e. The number of fused-ring (bicyclic) bond motifs is 3. The van der Waals surface area contributed by atoms with Crippen molar-refractivity contribution in [1.82, 2.24) is 0 Å². The standard InChI is InChI=1S/C29H22O4/c30-27(31)21-11-3-1-9-19(21)17-29(18-20-10-2-4-12-22(20)28(32)33)25-15-7-5-13-23(25)24-14-6-8-16-26(24)29/h1-16H,17-18H2,(H,30,31)(H,32,33). The molecule has 0 aromatic heterocycles. The van der Waals surface area contributed by atoms with E-state index in [2.05, 4.69) is 24.3 Å². The number of hydrogen-bond donors (Lipinski definition) is 2. The van der Waals surface area contributed by atoms with E-state index in [0.717, 1.165) is 33.4 Å². The highest BCUT2D eigenvalue weighted by atomic mass is 16.4. The number of carboxylic acid groups (broad SMARTS) is 2. The summed E-state index contributed by atoms with van der Waals surface area (Å²) in [5, 5.41) is 19.7. The molecule has 0 fully saturated rings. The van der Waals surface area contributed by atoms with Gasteiger partial charge >= 0.3 is 11.9 Å². The molecule has 1 aliphatic carbocycles. The molecule has 0 spiro atoms. The van der Waals surface area contributed by atoms with Gasteiger partial charge in [0.05, 0.1) is 11.1 Å². The van der Waals surface area contributed by atoms with E-state index in [1.165, 1.54) is 0 Å². The molecular formula is C29H22O4.